The van der Waals surface area contributed by atoms with Crippen molar-refractivity contribution >= 4 is 35.4 Å². The van der Waals surface area contributed by atoms with Crippen LogP contribution in [0, 0.1) is 10.1 Å². The molecule has 168 valence electrons. The third kappa shape index (κ3) is 5.83. The molecule has 0 spiro atoms. The van der Waals surface area contributed by atoms with Crippen molar-refractivity contribution in [3.63, 3.8) is 0 Å². The third-order valence-electron chi connectivity index (χ3n) is 4.29. The number of phenols is 1. The van der Waals surface area contributed by atoms with Gasteiger partial charge in [0.25, 0.3) is 11.6 Å². The second kappa shape index (κ2) is 10.2. The number of nitro groups is 1. The van der Waals surface area contributed by atoms with Crippen molar-refractivity contribution in [2.75, 3.05) is 7.11 Å². The van der Waals surface area contributed by atoms with E-state index in [-0.39, 0.29) is 39.1 Å². The van der Waals surface area contributed by atoms with Gasteiger partial charge in [-0.1, -0.05) is 11.6 Å². The van der Waals surface area contributed by atoms with E-state index in [2.05, 4.69) is 10.5 Å². The van der Waals surface area contributed by atoms with Gasteiger partial charge in [-0.2, -0.15) is 5.10 Å². The van der Waals surface area contributed by atoms with Crippen molar-refractivity contribution < 1.29 is 29.1 Å². The van der Waals surface area contributed by atoms with Crippen molar-refractivity contribution in [3.05, 3.63) is 92.5 Å². The first-order chi connectivity index (χ1) is 15.8. The van der Waals surface area contributed by atoms with Gasteiger partial charge in [0, 0.05) is 17.2 Å². The monoisotopic (exact) mass is 469 g/mol. The van der Waals surface area contributed by atoms with E-state index in [0.717, 1.165) is 0 Å². The number of hydrogen-bond acceptors (Lipinski definition) is 8. The maximum atomic E-state index is 12.3. The molecule has 0 saturated heterocycles. The highest BCUT2D eigenvalue weighted by atomic mass is 35.5. The number of nitro benzene ring substituents is 1. The van der Waals surface area contributed by atoms with Crippen LogP contribution in [0.4, 0.5) is 5.69 Å². The van der Waals surface area contributed by atoms with Gasteiger partial charge in [0.2, 0.25) is 0 Å². The number of ether oxygens (including phenoxy) is 2. The van der Waals surface area contributed by atoms with Gasteiger partial charge in [0.05, 0.1) is 29.4 Å². The first-order valence-corrected chi connectivity index (χ1v) is 9.63. The van der Waals surface area contributed by atoms with E-state index in [9.17, 15) is 24.8 Å². The molecule has 10 nitrogen and oxygen atoms in total. The molecule has 0 aliphatic carbocycles. The average molecular weight is 470 g/mol. The fourth-order valence-electron chi connectivity index (χ4n) is 2.64. The Hall–Kier alpha value is -4.44. The number of non-ortho nitro benzene ring substituents is 1. The van der Waals surface area contributed by atoms with Crippen LogP contribution in [-0.4, -0.2) is 35.2 Å². The molecular weight excluding hydrogens is 454 g/mol. The molecule has 0 bridgehead atoms. The molecule has 3 aromatic rings. The minimum absolute atomic E-state index is 0.0364. The zero-order chi connectivity index (χ0) is 24.0. The molecule has 0 unspecified atom stereocenters. The number of aromatic hydroxyl groups is 1. The normalized spacial score (nSPS) is 10.6. The summed E-state index contributed by atoms with van der Waals surface area (Å²) in [4.78, 5) is 34.6. The van der Waals surface area contributed by atoms with Crippen LogP contribution in [0.25, 0.3) is 0 Å². The maximum Gasteiger partial charge on any atom is 0.343 e. The minimum atomic E-state index is -0.724. The number of hydrogen-bond donors (Lipinski definition) is 2. The molecule has 1 amide bonds. The lowest BCUT2D eigenvalue weighted by atomic mass is 10.2. The number of halogens is 1. The molecule has 33 heavy (non-hydrogen) atoms. The van der Waals surface area contributed by atoms with E-state index in [1.165, 1.54) is 67.9 Å². The van der Waals surface area contributed by atoms with Crippen LogP contribution in [0.3, 0.4) is 0 Å². The Bertz CT molecular complexity index is 1240. The average Bonchev–Trinajstić information content (AvgIpc) is 2.81. The Morgan fingerprint density at radius 1 is 1.09 bits per heavy atom. The topological polar surface area (TPSA) is 140 Å². The molecule has 0 fully saturated rings. The fourth-order valence-corrected chi connectivity index (χ4v) is 2.81. The second-order valence-electron chi connectivity index (χ2n) is 6.46. The van der Waals surface area contributed by atoms with Crippen LogP contribution in [0.2, 0.25) is 5.02 Å². The molecule has 0 radical (unpaired) electrons. The molecule has 3 rings (SSSR count). The Labute approximate surface area is 192 Å². The van der Waals surface area contributed by atoms with Crippen LogP contribution >= 0.6 is 11.6 Å². The minimum Gasteiger partial charge on any atom is -0.507 e. The summed E-state index contributed by atoms with van der Waals surface area (Å²) in [6, 6.07) is 13.6. The van der Waals surface area contributed by atoms with Crippen LogP contribution in [0.1, 0.15) is 26.3 Å². The second-order valence-corrected chi connectivity index (χ2v) is 6.90. The molecule has 0 heterocycles. The van der Waals surface area contributed by atoms with Crippen LogP contribution in [0.5, 0.6) is 17.2 Å². The molecule has 3 aromatic carbocycles. The highest BCUT2D eigenvalue weighted by molar-refractivity contribution is 6.31. The molecule has 11 heteroatoms. The van der Waals surface area contributed by atoms with E-state index < -0.39 is 16.8 Å². The zero-order valence-electron chi connectivity index (χ0n) is 17.0. The number of methoxy groups -OCH3 is 1. The SMILES string of the molecule is COc1cc(/C=N/NC(=O)c2cc(Cl)ccc2O)ccc1OC(=O)c1ccc([N+](=O)[O-])cc1. The molecule has 2 N–H and O–H groups in total. The van der Waals surface area contributed by atoms with Gasteiger partial charge in [0.15, 0.2) is 11.5 Å². The number of amides is 1. The summed E-state index contributed by atoms with van der Waals surface area (Å²) in [5, 5.41) is 24.6. The van der Waals surface area contributed by atoms with E-state index in [1.54, 1.807) is 6.07 Å². The predicted molar refractivity (Wildman–Crippen MR) is 119 cm³/mol. The zero-order valence-corrected chi connectivity index (χ0v) is 17.8. The molecular formula is C22H16ClN3O7. The number of nitrogens with zero attached hydrogens (tertiary/aromatic N) is 2. The summed E-state index contributed by atoms with van der Waals surface area (Å²) < 4.78 is 10.6. The number of carbonyl (C=O) groups excluding carboxylic acids is 2. The summed E-state index contributed by atoms with van der Waals surface area (Å²) in [5.74, 6) is -1.29. The highest BCUT2D eigenvalue weighted by Gasteiger charge is 2.15. The summed E-state index contributed by atoms with van der Waals surface area (Å²) in [6.07, 6.45) is 1.32. The maximum absolute atomic E-state index is 12.3. The number of rotatable bonds is 7. The van der Waals surface area contributed by atoms with Gasteiger partial charge in [-0.05, 0) is 54.1 Å². The lowest BCUT2D eigenvalue weighted by Gasteiger charge is -2.10. The number of hydrazone groups is 1. The predicted octanol–water partition coefficient (Wildman–Crippen LogP) is 3.95. The van der Waals surface area contributed by atoms with Crippen LogP contribution in [0.15, 0.2) is 65.8 Å². The number of esters is 1. The molecule has 0 aliphatic heterocycles. The molecule has 0 aromatic heterocycles. The summed E-state index contributed by atoms with van der Waals surface area (Å²) in [5.41, 5.74) is 2.72. The van der Waals surface area contributed by atoms with Gasteiger partial charge < -0.3 is 14.6 Å². The van der Waals surface area contributed by atoms with E-state index in [0.29, 0.717) is 5.56 Å². The first kappa shape index (κ1) is 23.2. The molecule has 0 atom stereocenters. The number of carbonyl (C=O) groups is 2. The standard InChI is InChI=1S/C22H16ClN3O7/c1-32-20-10-13(12-24-25-21(28)17-11-15(23)5-8-18(17)27)2-9-19(20)33-22(29)14-3-6-16(7-4-14)26(30)31/h2-12,27H,1H3,(H,25,28)/b24-12+. The Morgan fingerprint density at radius 2 is 1.82 bits per heavy atom. The third-order valence-corrected chi connectivity index (χ3v) is 4.52. The Morgan fingerprint density at radius 3 is 2.48 bits per heavy atom. The van der Waals surface area contributed by atoms with Gasteiger partial charge in [0.1, 0.15) is 5.75 Å². The van der Waals surface area contributed by atoms with Crippen LogP contribution in [-0.2, 0) is 0 Å². The van der Waals surface area contributed by atoms with E-state index >= 15 is 0 Å². The smallest absolute Gasteiger partial charge is 0.343 e. The lowest BCUT2D eigenvalue weighted by molar-refractivity contribution is -0.384. The van der Waals surface area contributed by atoms with Crippen molar-refractivity contribution in [1.82, 2.24) is 5.43 Å². The fraction of sp³-hybridized carbons (Fsp3) is 0.0455. The molecule has 0 saturated carbocycles. The summed E-state index contributed by atoms with van der Waals surface area (Å²) in [7, 11) is 1.38. The van der Waals surface area contributed by atoms with E-state index in [1.807, 2.05) is 0 Å². The molecule has 0 aliphatic rings. The number of nitrogens with one attached hydrogen (secondary N) is 1. The summed E-state index contributed by atoms with van der Waals surface area (Å²) in [6.45, 7) is 0. The number of phenolic OH excluding ortho intramolecular Hbond substituents is 1. The van der Waals surface area contributed by atoms with Crippen molar-refractivity contribution in [2.24, 2.45) is 5.10 Å². The van der Waals surface area contributed by atoms with Crippen LogP contribution < -0.4 is 14.9 Å². The van der Waals surface area contributed by atoms with Gasteiger partial charge in [-0.3, -0.25) is 14.9 Å². The van der Waals surface area contributed by atoms with E-state index in [4.69, 9.17) is 21.1 Å². The first-order valence-electron chi connectivity index (χ1n) is 9.25. The van der Waals surface area contributed by atoms with Crippen molar-refractivity contribution in [2.45, 2.75) is 0 Å². The Kier molecular flexibility index (Phi) is 7.21. The number of benzene rings is 3. The quantitative estimate of drug-likeness (QED) is 0.175. The van der Waals surface area contributed by atoms with Gasteiger partial charge >= 0.3 is 5.97 Å². The van der Waals surface area contributed by atoms with Gasteiger partial charge in [-0.25, -0.2) is 10.2 Å². The largest absolute Gasteiger partial charge is 0.507 e. The van der Waals surface area contributed by atoms with Crippen molar-refractivity contribution in [3.8, 4) is 17.2 Å². The Balaban J connectivity index is 1.68. The lowest BCUT2D eigenvalue weighted by Crippen LogP contribution is -2.17. The van der Waals surface area contributed by atoms with Crippen molar-refractivity contribution in [1.29, 1.82) is 0 Å². The highest BCUT2D eigenvalue weighted by Crippen LogP contribution is 2.28. The van der Waals surface area contributed by atoms with Gasteiger partial charge in [-0.15, -0.1) is 0 Å². The summed E-state index contributed by atoms with van der Waals surface area (Å²) >= 11 is 5.83.